The van der Waals surface area contributed by atoms with Crippen molar-refractivity contribution in [1.29, 1.82) is 0 Å². The van der Waals surface area contributed by atoms with Crippen molar-refractivity contribution in [1.82, 2.24) is 15.1 Å². The molecule has 27 heavy (non-hydrogen) atoms. The third-order valence-electron chi connectivity index (χ3n) is 5.43. The quantitative estimate of drug-likeness (QED) is 0.811. The van der Waals surface area contributed by atoms with Crippen LogP contribution in [0, 0.1) is 11.8 Å². The summed E-state index contributed by atoms with van der Waals surface area (Å²) < 4.78 is 48.0. The Labute approximate surface area is 154 Å². The van der Waals surface area contributed by atoms with Gasteiger partial charge in [0.2, 0.25) is 5.89 Å². The molecule has 0 spiro atoms. The van der Waals surface area contributed by atoms with Crippen LogP contribution in [0.5, 0.6) is 5.75 Å². The second-order valence-corrected chi connectivity index (χ2v) is 7.26. The number of alkyl halides is 3. The van der Waals surface area contributed by atoms with Crippen LogP contribution >= 0.6 is 0 Å². The van der Waals surface area contributed by atoms with E-state index in [0.717, 1.165) is 12.3 Å². The highest BCUT2D eigenvalue weighted by Gasteiger charge is 2.47. The van der Waals surface area contributed by atoms with Gasteiger partial charge in [0.1, 0.15) is 12.2 Å². The molecule has 4 rings (SSSR count). The third kappa shape index (κ3) is 3.60. The average Bonchev–Trinajstić information content (AvgIpc) is 3.28. The first-order chi connectivity index (χ1) is 12.8. The highest BCUT2D eigenvalue weighted by atomic mass is 19.4. The van der Waals surface area contributed by atoms with Crippen molar-refractivity contribution in [3.05, 3.63) is 35.7 Å². The van der Waals surface area contributed by atoms with Crippen molar-refractivity contribution >= 4 is 6.01 Å². The van der Waals surface area contributed by atoms with E-state index >= 15 is 0 Å². The summed E-state index contributed by atoms with van der Waals surface area (Å²) in [5, 5.41) is 7.38. The van der Waals surface area contributed by atoms with Crippen LogP contribution in [0.25, 0.3) is 0 Å². The lowest BCUT2D eigenvalue weighted by atomic mass is 9.89. The van der Waals surface area contributed by atoms with E-state index in [0.29, 0.717) is 24.9 Å². The van der Waals surface area contributed by atoms with Crippen LogP contribution in [-0.2, 0) is 6.42 Å². The van der Waals surface area contributed by atoms with Crippen molar-refractivity contribution < 1.29 is 22.3 Å². The first-order valence-electron chi connectivity index (χ1n) is 8.82. The summed E-state index contributed by atoms with van der Waals surface area (Å²) in [4.78, 5) is 4.24. The Morgan fingerprint density at radius 1 is 1.15 bits per heavy atom. The number of hydrogen-bond acceptors (Lipinski definition) is 6. The lowest BCUT2D eigenvalue weighted by molar-refractivity contribution is -0.130. The molecule has 9 heteroatoms. The Balaban J connectivity index is 1.49. The normalized spacial score (nSPS) is 25.8. The summed E-state index contributed by atoms with van der Waals surface area (Å²) in [6, 6.07) is 8.46. The number of methoxy groups -OCH3 is 1. The summed E-state index contributed by atoms with van der Waals surface area (Å²) >= 11 is 0. The van der Waals surface area contributed by atoms with E-state index < -0.39 is 18.5 Å². The molecule has 0 aliphatic carbocycles. The van der Waals surface area contributed by atoms with Crippen LogP contribution in [-0.4, -0.2) is 55.1 Å². The van der Waals surface area contributed by atoms with E-state index in [9.17, 15) is 13.2 Å². The summed E-state index contributed by atoms with van der Waals surface area (Å²) in [5.41, 5.74) is 1.20. The Hall–Kier alpha value is -2.29. The van der Waals surface area contributed by atoms with Crippen LogP contribution in [0.15, 0.2) is 28.7 Å². The van der Waals surface area contributed by atoms with Crippen LogP contribution in [0.2, 0.25) is 0 Å². The van der Waals surface area contributed by atoms with Gasteiger partial charge in [-0.25, -0.2) is 0 Å². The van der Waals surface area contributed by atoms with Gasteiger partial charge in [0, 0.05) is 31.6 Å². The van der Waals surface area contributed by atoms with E-state index in [1.165, 1.54) is 5.56 Å². The fourth-order valence-corrected chi connectivity index (χ4v) is 4.33. The van der Waals surface area contributed by atoms with Gasteiger partial charge in [-0.2, -0.15) is 13.2 Å². The minimum absolute atomic E-state index is 0.180. The molecule has 3 atom stereocenters. The number of aromatic nitrogens is 2. The van der Waals surface area contributed by atoms with E-state index in [4.69, 9.17) is 9.15 Å². The van der Waals surface area contributed by atoms with Gasteiger partial charge in [0.25, 0.3) is 0 Å². The van der Waals surface area contributed by atoms with Gasteiger partial charge in [-0.1, -0.05) is 17.2 Å². The Morgan fingerprint density at radius 2 is 1.89 bits per heavy atom. The maximum Gasteiger partial charge on any atom is 0.397 e. The molecule has 0 bridgehead atoms. The predicted molar refractivity (Wildman–Crippen MR) is 91.6 cm³/mol. The van der Waals surface area contributed by atoms with Gasteiger partial charge in [-0.05, 0) is 30.7 Å². The van der Waals surface area contributed by atoms with Crippen molar-refractivity contribution in [3.8, 4) is 5.75 Å². The van der Waals surface area contributed by atoms with Crippen LogP contribution in [0.1, 0.15) is 17.5 Å². The first-order valence-corrected chi connectivity index (χ1v) is 8.82. The molecule has 2 fully saturated rings. The number of anilines is 1. The van der Waals surface area contributed by atoms with Crippen LogP contribution < -0.4 is 9.64 Å². The second kappa shape index (κ2) is 6.70. The number of hydrogen-bond donors (Lipinski definition) is 0. The Morgan fingerprint density at radius 3 is 2.56 bits per heavy atom. The minimum Gasteiger partial charge on any atom is -0.497 e. The molecule has 1 aromatic heterocycles. The topological polar surface area (TPSA) is 54.6 Å². The largest absolute Gasteiger partial charge is 0.497 e. The molecule has 146 valence electrons. The highest BCUT2D eigenvalue weighted by Crippen LogP contribution is 2.45. The third-order valence-corrected chi connectivity index (χ3v) is 5.43. The lowest BCUT2D eigenvalue weighted by Crippen LogP contribution is -2.29. The molecule has 2 aliphatic rings. The van der Waals surface area contributed by atoms with Gasteiger partial charge >= 0.3 is 12.2 Å². The molecule has 0 N–H and O–H groups in total. The number of fused-ring (bicyclic) bond motifs is 1. The molecule has 0 saturated carbocycles. The summed E-state index contributed by atoms with van der Waals surface area (Å²) in [6.45, 7) is 2.30. The van der Waals surface area contributed by atoms with Crippen molar-refractivity contribution in [3.63, 3.8) is 0 Å². The summed E-state index contributed by atoms with van der Waals surface area (Å²) in [5.74, 6) is 1.17. The van der Waals surface area contributed by atoms with Crippen molar-refractivity contribution in [2.24, 2.45) is 11.8 Å². The molecule has 2 aromatic rings. The molecule has 1 aromatic carbocycles. The number of ether oxygens (including phenoxy) is 1. The van der Waals surface area contributed by atoms with E-state index in [-0.39, 0.29) is 12.1 Å². The van der Waals surface area contributed by atoms with E-state index in [1.807, 2.05) is 17.0 Å². The van der Waals surface area contributed by atoms with Crippen molar-refractivity contribution in [2.45, 2.75) is 18.6 Å². The van der Waals surface area contributed by atoms with Gasteiger partial charge in [-0.15, -0.1) is 5.10 Å². The molecule has 0 amide bonds. The zero-order chi connectivity index (χ0) is 19.2. The van der Waals surface area contributed by atoms with Gasteiger partial charge in [0.05, 0.1) is 7.11 Å². The molecular weight excluding hydrogens is 361 g/mol. The second-order valence-electron chi connectivity index (χ2n) is 7.26. The Kier molecular flexibility index (Phi) is 4.49. The molecule has 2 saturated heterocycles. The van der Waals surface area contributed by atoms with E-state index in [1.54, 1.807) is 7.11 Å². The number of likely N-dealkylation sites (tertiary alicyclic amines) is 1. The molecule has 0 unspecified atom stereocenters. The fraction of sp³-hybridized carbons (Fsp3) is 0.556. The van der Waals surface area contributed by atoms with E-state index in [2.05, 4.69) is 34.3 Å². The van der Waals surface area contributed by atoms with Gasteiger partial charge in [-0.3, -0.25) is 4.90 Å². The Bertz CT molecular complexity index is 793. The first kappa shape index (κ1) is 18.1. The highest BCUT2D eigenvalue weighted by molar-refractivity contribution is 5.34. The number of rotatable bonds is 4. The number of benzene rings is 1. The zero-order valence-electron chi connectivity index (χ0n) is 15.1. The minimum atomic E-state index is -4.35. The molecule has 0 radical (unpaired) electrons. The fourth-order valence-electron chi connectivity index (χ4n) is 4.33. The van der Waals surface area contributed by atoms with Crippen molar-refractivity contribution in [2.75, 3.05) is 38.7 Å². The maximum absolute atomic E-state index is 12.5. The number of nitrogens with zero attached hydrogens (tertiary/aromatic N) is 4. The zero-order valence-corrected chi connectivity index (χ0v) is 15.1. The smallest absolute Gasteiger partial charge is 0.397 e. The average molecular weight is 382 g/mol. The summed E-state index contributed by atoms with van der Waals surface area (Å²) in [7, 11) is 3.74. The maximum atomic E-state index is 12.5. The molecule has 3 heterocycles. The monoisotopic (exact) mass is 382 g/mol. The molecular formula is C18H21F3N4O2. The lowest BCUT2D eigenvalue weighted by Gasteiger charge is -2.26. The van der Waals surface area contributed by atoms with Gasteiger partial charge in [0.15, 0.2) is 0 Å². The predicted octanol–water partition coefficient (Wildman–Crippen LogP) is 2.92. The SMILES string of the molecule is COc1ccc([C@@H]2[C@@H]3CN(c4nnc(CC(F)(F)F)o4)C[C@@H]3CN2C)cc1. The number of halogens is 3. The molecule has 6 nitrogen and oxygen atoms in total. The van der Waals surface area contributed by atoms with Gasteiger partial charge < -0.3 is 14.1 Å². The van der Waals surface area contributed by atoms with Crippen LogP contribution in [0.4, 0.5) is 19.2 Å². The molecule has 2 aliphatic heterocycles. The standard InChI is InChI=1S/C18H21F3N4O2/c1-24-8-12-9-25(17-23-22-15(27-17)7-18(19,20)21)10-14(12)16(24)11-3-5-13(26-2)6-4-11/h3-6,12,14,16H,7-10H2,1-2H3/t12-,14+,16+/m0/s1. The summed E-state index contributed by atoms with van der Waals surface area (Å²) in [6.07, 6.45) is -5.55. The van der Waals surface area contributed by atoms with Crippen LogP contribution in [0.3, 0.4) is 0 Å².